The quantitative estimate of drug-likeness (QED) is 0.696. The van der Waals surface area contributed by atoms with Gasteiger partial charge in [0.15, 0.2) is 0 Å². The number of hydrogen-bond acceptors (Lipinski definition) is 4. The number of carboxylic acid groups (broad SMARTS) is 1. The fourth-order valence-corrected chi connectivity index (χ4v) is 5.82. The maximum atomic E-state index is 13.3. The van der Waals surface area contributed by atoms with Crippen LogP contribution in [0.4, 0.5) is 4.79 Å². The molecule has 0 radical (unpaired) electrons. The largest absolute Gasteiger partial charge is 0.480 e. The van der Waals surface area contributed by atoms with Gasteiger partial charge < -0.3 is 20.1 Å². The van der Waals surface area contributed by atoms with E-state index in [2.05, 4.69) is 29.6 Å². The number of hydrogen-bond donors (Lipinski definition) is 2. The number of rotatable bonds is 5. The first-order chi connectivity index (χ1) is 16.4. The van der Waals surface area contributed by atoms with E-state index < -0.39 is 23.5 Å². The van der Waals surface area contributed by atoms with Gasteiger partial charge in [0.2, 0.25) is 5.91 Å². The van der Waals surface area contributed by atoms with Gasteiger partial charge in [-0.05, 0) is 48.4 Å². The normalized spacial score (nSPS) is 25.6. The van der Waals surface area contributed by atoms with Crippen LogP contribution in [0, 0.1) is 5.41 Å². The third-order valence-corrected chi connectivity index (χ3v) is 7.90. The number of nitrogens with one attached hydrogen (secondary N) is 1. The Morgan fingerprint density at radius 1 is 1.03 bits per heavy atom. The number of fused-ring (bicyclic) bond motifs is 3. The van der Waals surface area contributed by atoms with Gasteiger partial charge in [-0.1, -0.05) is 61.4 Å². The summed E-state index contributed by atoms with van der Waals surface area (Å²) >= 11 is 0. The topological polar surface area (TPSA) is 95.9 Å². The summed E-state index contributed by atoms with van der Waals surface area (Å²) in [5.74, 6) is -1.19. The molecule has 34 heavy (non-hydrogen) atoms. The number of alkyl carbamates (subject to hydrolysis) is 1. The van der Waals surface area contributed by atoms with Crippen LogP contribution in [-0.4, -0.2) is 53.2 Å². The maximum Gasteiger partial charge on any atom is 0.407 e. The molecule has 7 nitrogen and oxygen atoms in total. The molecule has 0 aromatic heterocycles. The Morgan fingerprint density at radius 2 is 1.68 bits per heavy atom. The van der Waals surface area contributed by atoms with Crippen molar-refractivity contribution in [2.24, 2.45) is 5.41 Å². The average Bonchev–Trinajstić information content (AvgIpc) is 3.12. The Labute approximate surface area is 199 Å². The lowest BCUT2D eigenvalue weighted by Crippen LogP contribution is -2.63. The van der Waals surface area contributed by atoms with E-state index in [0.717, 1.165) is 24.0 Å². The van der Waals surface area contributed by atoms with Crippen molar-refractivity contribution in [2.45, 2.75) is 57.0 Å². The summed E-state index contributed by atoms with van der Waals surface area (Å²) in [7, 11) is 0. The molecular weight excluding hydrogens is 432 g/mol. The predicted octanol–water partition coefficient (Wildman–Crippen LogP) is 4.16. The number of carbonyl (C=O) groups excluding carboxylic acids is 2. The molecular formula is C27H30N2O5. The summed E-state index contributed by atoms with van der Waals surface area (Å²) in [5, 5.41) is 12.3. The molecule has 1 saturated heterocycles. The second-order valence-electron chi connectivity index (χ2n) is 9.83. The van der Waals surface area contributed by atoms with Crippen molar-refractivity contribution in [3.05, 3.63) is 59.7 Å². The zero-order valence-corrected chi connectivity index (χ0v) is 19.3. The van der Waals surface area contributed by atoms with E-state index >= 15 is 0 Å². The highest BCUT2D eigenvalue weighted by atomic mass is 16.5. The number of likely N-dealkylation sites (tertiary alicyclic amines) is 1. The predicted molar refractivity (Wildman–Crippen MR) is 126 cm³/mol. The van der Waals surface area contributed by atoms with Gasteiger partial charge >= 0.3 is 12.1 Å². The van der Waals surface area contributed by atoms with Gasteiger partial charge in [0.05, 0.1) is 5.41 Å². The van der Waals surface area contributed by atoms with E-state index in [0.29, 0.717) is 25.8 Å². The number of ether oxygens (including phenoxy) is 1. The third-order valence-electron chi connectivity index (χ3n) is 7.90. The van der Waals surface area contributed by atoms with Crippen LogP contribution in [0.1, 0.15) is 56.1 Å². The Bertz CT molecular complexity index is 1090. The van der Waals surface area contributed by atoms with Gasteiger partial charge in [0.25, 0.3) is 0 Å². The molecule has 2 aliphatic carbocycles. The molecule has 2 aromatic rings. The van der Waals surface area contributed by atoms with Crippen molar-refractivity contribution in [2.75, 3.05) is 13.2 Å². The summed E-state index contributed by atoms with van der Waals surface area (Å²) in [5.41, 5.74) is 3.79. The lowest BCUT2D eigenvalue weighted by atomic mass is 9.70. The van der Waals surface area contributed by atoms with Gasteiger partial charge in [-0.2, -0.15) is 0 Å². The summed E-state index contributed by atoms with van der Waals surface area (Å²) in [6.07, 6.45) is 2.99. The smallest absolute Gasteiger partial charge is 0.407 e. The first-order valence-electron chi connectivity index (χ1n) is 12.1. The monoisotopic (exact) mass is 462 g/mol. The fraction of sp³-hybridized carbons (Fsp3) is 0.444. The van der Waals surface area contributed by atoms with Gasteiger partial charge in [-0.3, -0.25) is 4.79 Å². The number of carbonyl (C=O) groups is 3. The zero-order valence-electron chi connectivity index (χ0n) is 19.3. The minimum atomic E-state index is -0.972. The first kappa shape index (κ1) is 22.4. The second kappa shape index (κ2) is 8.78. The van der Waals surface area contributed by atoms with Gasteiger partial charge in [0, 0.05) is 18.5 Å². The van der Waals surface area contributed by atoms with Gasteiger partial charge in [-0.15, -0.1) is 0 Å². The van der Waals surface area contributed by atoms with Gasteiger partial charge in [0.1, 0.15) is 12.6 Å². The van der Waals surface area contributed by atoms with Crippen molar-refractivity contribution in [3.8, 4) is 11.1 Å². The Hall–Kier alpha value is -3.35. The SMILES string of the molecule is CC1(C(=O)N2CCC2C(=O)O)CCCCC1NC(=O)OCC1c2ccccc2-c2ccccc21. The van der Waals surface area contributed by atoms with Crippen LogP contribution in [0.2, 0.25) is 0 Å². The van der Waals surface area contributed by atoms with Crippen LogP contribution < -0.4 is 5.32 Å². The van der Waals surface area contributed by atoms with E-state index in [9.17, 15) is 19.5 Å². The first-order valence-corrected chi connectivity index (χ1v) is 12.1. The van der Waals surface area contributed by atoms with Crippen LogP contribution in [-0.2, 0) is 14.3 Å². The Kier molecular flexibility index (Phi) is 5.80. The molecule has 0 spiro atoms. The van der Waals surface area contributed by atoms with E-state index in [-0.39, 0.29) is 24.5 Å². The van der Waals surface area contributed by atoms with E-state index in [4.69, 9.17) is 4.74 Å². The van der Waals surface area contributed by atoms with Crippen LogP contribution in [0.25, 0.3) is 11.1 Å². The molecule has 2 aromatic carbocycles. The van der Waals surface area contributed by atoms with Gasteiger partial charge in [-0.25, -0.2) is 9.59 Å². The van der Waals surface area contributed by atoms with Crippen LogP contribution in [0.5, 0.6) is 0 Å². The van der Waals surface area contributed by atoms with E-state index in [1.54, 1.807) is 0 Å². The molecule has 2 amide bonds. The third kappa shape index (κ3) is 3.73. The lowest BCUT2D eigenvalue weighted by Gasteiger charge is -2.47. The van der Waals surface area contributed by atoms with Crippen LogP contribution in [0.3, 0.4) is 0 Å². The van der Waals surface area contributed by atoms with Crippen molar-refractivity contribution in [3.63, 3.8) is 0 Å². The van der Waals surface area contributed by atoms with Crippen LogP contribution in [0.15, 0.2) is 48.5 Å². The minimum absolute atomic E-state index is 0.0325. The summed E-state index contributed by atoms with van der Waals surface area (Å²) < 4.78 is 5.71. The molecule has 1 saturated carbocycles. The number of nitrogens with zero attached hydrogens (tertiary/aromatic N) is 1. The van der Waals surface area contributed by atoms with E-state index in [1.807, 2.05) is 31.2 Å². The minimum Gasteiger partial charge on any atom is -0.480 e. The molecule has 3 atom stereocenters. The van der Waals surface area contributed by atoms with Crippen molar-refractivity contribution >= 4 is 18.0 Å². The van der Waals surface area contributed by atoms with Crippen molar-refractivity contribution in [1.29, 1.82) is 0 Å². The fourth-order valence-electron chi connectivity index (χ4n) is 5.82. The summed E-state index contributed by atoms with van der Waals surface area (Å²) in [6, 6.07) is 15.2. The molecule has 3 aliphatic rings. The molecule has 0 bridgehead atoms. The molecule has 5 rings (SSSR count). The molecule has 2 fully saturated rings. The molecule has 1 heterocycles. The molecule has 178 valence electrons. The number of benzene rings is 2. The Balaban J connectivity index is 1.27. The van der Waals surface area contributed by atoms with Crippen molar-refractivity contribution < 1.29 is 24.2 Å². The number of amides is 2. The summed E-state index contributed by atoms with van der Waals surface area (Å²) in [6.45, 7) is 2.51. The van der Waals surface area contributed by atoms with Crippen LogP contribution >= 0.6 is 0 Å². The average molecular weight is 463 g/mol. The highest BCUT2D eigenvalue weighted by Crippen LogP contribution is 2.45. The van der Waals surface area contributed by atoms with E-state index in [1.165, 1.54) is 16.0 Å². The molecule has 2 N–H and O–H groups in total. The van der Waals surface area contributed by atoms with Crippen molar-refractivity contribution in [1.82, 2.24) is 10.2 Å². The number of carboxylic acids is 1. The number of aliphatic carboxylic acids is 1. The maximum absolute atomic E-state index is 13.3. The zero-order chi connectivity index (χ0) is 23.9. The molecule has 1 aliphatic heterocycles. The standard InChI is InChI=1S/C27H30N2O5/c1-27(25(32)29-15-13-22(29)24(30)31)14-7-6-12-23(27)28-26(33)34-16-21-19-10-4-2-8-17(19)18-9-3-5-11-20(18)21/h2-5,8-11,21-23H,6-7,12-16H2,1H3,(H,28,33)(H,30,31). The molecule has 7 heteroatoms. The summed E-state index contributed by atoms with van der Waals surface area (Å²) in [4.78, 5) is 39.1. The lowest BCUT2D eigenvalue weighted by molar-refractivity contribution is -0.164. The highest BCUT2D eigenvalue weighted by Gasteiger charge is 2.50. The highest BCUT2D eigenvalue weighted by molar-refractivity contribution is 5.90. The molecule has 3 unspecified atom stereocenters. The Morgan fingerprint density at radius 3 is 2.26 bits per heavy atom. The second-order valence-corrected chi connectivity index (χ2v) is 9.83.